The summed E-state index contributed by atoms with van der Waals surface area (Å²) < 4.78 is 19.6. The smallest absolute Gasteiger partial charge is 0.342 e. The number of nitrogens with zero attached hydrogens (tertiary/aromatic N) is 5. The minimum atomic E-state index is -0.618. The van der Waals surface area contributed by atoms with Crippen LogP contribution in [0.5, 0.6) is 23.4 Å². The number of aryl methyl sites for hydroxylation is 2. The molecule has 0 unspecified atom stereocenters. The fraction of sp³-hybridized carbons (Fsp3) is 0.167. The summed E-state index contributed by atoms with van der Waals surface area (Å²) >= 11 is 0. The fourth-order valence-electron chi connectivity index (χ4n) is 4.15. The molecule has 10 heteroatoms. The second-order valence-corrected chi connectivity index (χ2v) is 8.77. The predicted octanol–water partition coefficient (Wildman–Crippen LogP) is 5.80. The third-order valence-electron chi connectivity index (χ3n) is 6.07. The molecule has 5 aromatic rings. The molecule has 0 radical (unpaired) electrons. The molecule has 0 fully saturated rings. The highest BCUT2D eigenvalue weighted by Gasteiger charge is 2.22. The summed E-state index contributed by atoms with van der Waals surface area (Å²) in [6, 6.07) is 22.7. The van der Waals surface area contributed by atoms with Gasteiger partial charge in [-0.25, -0.2) is 9.78 Å². The number of carbonyl (C=O) groups is 1. The topological polar surface area (TPSA) is 138 Å². The number of esters is 1. The number of ether oxygens (including phenoxy) is 3. The van der Waals surface area contributed by atoms with E-state index in [0.29, 0.717) is 41.1 Å². The van der Waals surface area contributed by atoms with Crippen LogP contribution in [0.2, 0.25) is 0 Å². The van der Waals surface area contributed by atoms with Crippen LogP contribution in [0.3, 0.4) is 0 Å². The summed E-state index contributed by atoms with van der Waals surface area (Å²) in [6.07, 6.45) is 0.666. The fourth-order valence-corrected chi connectivity index (χ4v) is 4.15. The van der Waals surface area contributed by atoms with Crippen LogP contribution < -0.4 is 15.2 Å². The van der Waals surface area contributed by atoms with Crippen molar-refractivity contribution in [2.24, 2.45) is 0 Å². The van der Waals surface area contributed by atoms with Gasteiger partial charge in [0, 0.05) is 24.7 Å². The van der Waals surface area contributed by atoms with Crippen molar-refractivity contribution in [3.05, 3.63) is 95.3 Å². The zero-order chi connectivity index (χ0) is 28.1. The maximum absolute atomic E-state index is 13.0. The Labute approximate surface area is 230 Å². The maximum Gasteiger partial charge on any atom is 0.342 e. The molecule has 0 spiro atoms. The van der Waals surface area contributed by atoms with E-state index in [4.69, 9.17) is 24.9 Å². The van der Waals surface area contributed by atoms with E-state index in [1.165, 1.54) is 18.2 Å². The van der Waals surface area contributed by atoms with Crippen LogP contribution in [0.1, 0.15) is 41.2 Å². The van der Waals surface area contributed by atoms with Gasteiger partial charge < -0.3 is 24.5 Å². The van der Waals surface area contributed by atoms with Gasteiger partial charge in [-0.15, -0.1) is 0 Å². The number of hydrogen-bond donors (Lipinski definition) is 1. The van der Waals surface area contributed by atoms with Gasteiger partial charge in [-0.05, 0) is 42.8 Å². The number of fused-ring (bicyclic) bond motifs is 1. The van der Waals surface area contributed by atoms with Crippen LogP contribution in [0.15, 0.2) is 72.8 Å². The number of anilines is 1. The van der Waals surface area contributed by atoms with Crippen LogP contribution in [0.25, 0.3) is 11.2 Å². The minimum absolute atomic E-state index is 0.0737. The molecule has 2 heterocycles. The molecule has 0 saturated carbocycles. The summed E-state index contributed by atoms with van der Waals surface area (Å²) in [6.45, 7) is 4.67. The van der Waals surface area contributed by atoms with Crippen LogP contribution in [0.4, 0.5) is 5.69 Å². The van der Waals surface area contributed by atoms with E-state index in [1.807, 2.05) is 48.7 Å². The van der Waals surface area contributed by atoms with Crippen molar-refractivity contribution in [3.63, 3.8) is 0 Å². The van der Waals surface area contributed by atoms with Crippen molar-refractivity contribution in [2.75, 3.05) is 5.73 Å². The van der Waals surface area contributed by atoms with Crippen LogP contribution in [0, 0.1) is 11.3 Å². The van der Waals surface area contributed by atoms with Crippen molar-refractivity contribution in [1.82, 2.24) is 19.5 Å². The van der Waals surface area contributed by atoms with Crippen LogP contribution in [-0.4, -0.2) is 25.5 Å². The second-order valence-electron chi connectivity index (χ2n) is 8.77. The third kappa shape index (κ3) is 5.54. The SMILES string of the molecule is CCc1nc2c(Oc3cccc(N)c3)nc(Oc3cc(C#N)ccc3C(=O)OCc3ccccc3)nc2n1CC. The molecule has 40 heavy (non-hydrogen) atoms. The Hall–Kier alpha value is -5.43. The molecule has 0 atom stereocenters. The molecule has 0 aliphatic rings. The predicted molar refractivity (Wildman–Crippen MR) is 148 cm³/mol. The molecule has 0 aliphatic carbocycles. The van der Waals surface area contributed by atoms with Gasteiger partial charge in [-0.1, -0.05) is 43.3 Å². The normalized spacial score (nSPS) is 10.7. The van der Waals surface area contributed by atoms with E-state index in [1.54, 1.807) is 24.3 Å². The van der Waals surface area contributed by atoms with Gasteiger partial charge in [0.25, 0.3) is 5.88 Å². The largest absolute Gasteiger partial charge is 0.457 e. The Kier molecular flexibility index (Phi) is 7.55. The second kappa shape index (κ2) is 11.5. The molecule has 0 saturated heterocycles. The first kappa shape index (κ1) is 26.2. The molecule has 0 amide bonds. The van der Waals surface area contributed by atoms with E-state index >= 15 is 0 Å². The standard InChI is InChI=1S/C30H26N6O4/c1-3-25-33-26-27(36(25)4-2)34-30(35-28(26)39-22-12-8-11-21(32)16-22)40-24-15-20(17-31)13-14-23(24)29(37)38-18-19-9-6-5-7-10-19/h5-16H,3-4,18,32H2,1-2H3. The van der Waals surface area contributed by atoms with Gasteiger partial charge in [0.1, 0.15) is 29.5 Å². The number of aromatic nitrogens is 4. The zero-order valence-corrected chi connectivity index (χ0v) is 22.0. The van der Waals surface area contributed by atoms with Crippen LogP contribution >= 0.6 is 0 Å². The van der Waals surface area contributed by atoms with Crippen molar-refractivity contribution < 1.29 is 19.0 Å². The lowest BCUT2D eigenvalue weighted by molar-refractivity contribution is 0.0469. The Morgan fingerprint density at radius 2 is 1.80 bits per heavy atom. The highest BCUT2D eigenvalue weighted by atomic mass is 16.5. The molecule has 3 aromatic carbocycles. The number of nitriles is 1. The summed E-state index contributed by atoms with van der Waals surface area (Å²) in [7, 11) is 0. The van der Waals surface area contributed by atoms with Gasteiger partial charge >= 0.3 is 12.0 Å². The van der Waals surface area contributed by atoms with Crippen molar-refractivity contribution >= 4 is 22.8 Å². The summed E-state index contributed by atoms with van der Waals surface area (Å²) in [4.78, 5) is 26.8. The lowest BCUT2D eigenvalue weighted by Gasteiger charge is -2.12. The van der Waals surface area contributed by atoms with Crippen LogP contribution in [-0.2, 0) is 24.3 Å². The average Bonchev–Trinajstić information content (AvgIpc) is 3.34. The number of rotatable bonds is 9. The zero-order valence-electron chi connectivity index (χ0n) is 22.0. The van der Waals surface area contributed by atoms with Crippen molar-refractivity contribution in [2.45, 2.75) is 33.4 Å². The number of imidazole rings is 1. The molecule has 5 rings (SSSR count). The van der Waals surface area contributed by atoms with Gasteiger partial charge in [-0.3, -0.25) is 0 Å². The Morgan fingerprint density at radius 1 is 0.975 bits per heavy atom. The molecular weight excluding hydrogens is 508 g/mol. The minimum Gasteiger partial charge on any atom is -0.457 e. The van der Waals surface area contributed by atoms with Gasteiger partial charge in [0.05, 0.1) is 11.6 Å². The van der Waals surface area contributed by atoms with E-state index < -0.39 is 5.97 Å². The monoisotopic (exact) mass is 534 g/mol. The number of carbonyl (C=O) groups excluding carboxylic acids is 1. The quantitative estimate of drug-likeness (QED) is 0.183. The summed E-state index contributed by atoms with van der Waals surface area (Å²) in [5.74, 6) is 0.888. The van der Waals surface area contributed by atoms with Gasteiger partial charge in [0.2, 0.25) is 0 Å². The summed E-state index contributed by atoms with van der Waals surface area (Å²) in [5, 5.41) is 9.49. The molecular formula is C30H26N6O4. The molecule has 2 aromatic heterocycles. The molecule has 0 bridgehead atoms. The first-order chi connectivity index (χ1) is 19.5. The first-order valence-corrected chi connectivity index (χ1v) is 12.7. The van der Waals surface area contributed by atoms with Gasteiger partial charge in [0.15, 0.2) is 11.2 Å². The van der Waals surface area contributed by atoms with Gasteiger partial charge in [-0.2, -0.15) is 15.2 Å². The number of nitrogens with two attached hydrogens (primary N) is 1. The lowest BCUT2D eigenvalue weighted by Crippen LogP contribution is -2.08. The lowest BCUT2D eigenvalue weighted by atomic mass is 10.1. The van der Waals surface area contributed by atoms with E-state index in [-0.39, 0.29) is 29.8 Å². The van der Waals surface area contributed by atoms with Crippen molar-refractivity contribution in [1.29, 1.82) is 5.26 Å². The highest BCUT2D eigenvalue weighted by molar-refractivity contribution is 5.93. The molecule has 0 aliphatic heterocycles. The van der Waals surface area contributed by atoms with E-state index in [0.717, 1.165) is 11.4 Å². The maximum atomic E-state index is 13.0. The van der Waals surface area contributed by atoms with Crippen molar-refractivity contribution in [3.8, 4) is 29.5 Å². The summed E-state index contributed by atoms with van der Waals surface area (Å²) in [5.41, 5.74) is 8.68. The van der Waals surface area contributed by atoms with E-state index in [9.17, 15) is 10.1 Å². The average molecular weight is 535 g/mol. The third-order valence-corrected chi connectivity index (χ3v) is 6.07. The Bertz CT molecular complexity index is 1730. The number of nitrogen functional groups attached to an aromatic ring is 1. The molecule has 10 nitrogen and oxygen atoms in total. The first-order valence-electron chi connectivity index (χ1n) is 12.7. The Balaban J connectivity index is 1.54. The molecule has 200 valence electrons. The van der Waals surface area contributed by atoms with E-state index in [2.05, 4.69) is 16.0 Å². The number of benzene rings is 3. The molecule has 2 N–H and O–H groups in total. The number of hydrogen-bond acceptors (Lipinski definition) is 9. The Morgan fingerprint density at radius 3 is 2.52 bits per heavy atom. The highest BCUT2D eigenvalue weighted by Crippen LogP contribution is 2.33.